The van der Waals surface area contributed by atoms with E-state index in [0.29, 0.717) is 6.42 Å². The number of halogens is 4. The van der Waals surface area contributed by atoms with Gasteiger partial charge in [-0.1, -0.05) is 11.6 Å². The van der Waals surface area contributed by atoms with Gasteiger partial charge in [0.25, 0.3) is 5.91 Å². The van der Waals surface area contributed by atoms with E-state index in [2.05, 4.69) is 0 Å². The summed E-state index contributed by atoms with van der Waals surface area (Å²) in [5.74, 6) is -1.57. The normalized spacial score (nSPS) is 18.9. The number of likely N-dealkylation sites (tertiary alicyclic amines) is 1. The molecule has 1 unspecified atom stereocenters. The van der Waals surface area contributed by atoms with Gasteiger partial charge in [-0.2, -0.15) is 13.2 Å². The first-order chi connectivity index (χ1) is 9.68. The predicted octanol–water partition coefficient (Wildman–Crippen LogP) is 2.31. The highest BCUT2D eigenvalue weighted by Crippen LogP contribution is 2.32. The van der Waals surface area contributed by atoms with Crippen LogP contribution in [0.4, 0.5) is 13.2 Å². The Kier molecular flexibility index (Phi) is 4.13. The maximum atomic E-state index is 12.7. The van der Waals surface area contributed by atoms with E-state index in [1.165, 1.54) is 11.0 Å². The second-order valence-corrected chi connectivity index (χ2v) is 5.30. The molecule has 1 aromatic carbocycles. The van der Waals surface area contributed by atoms with E-state index >= 15 is 0 Å². The number of amides is 2. The zero-order valence-electron chi connectivity index (χ0n) is 10.8. The molecule has 0 saturated carbocycles. The summed E-state index contributed by atoms with van der Waals surface area (Å²) in [5.41, 5.74) is 4.02. The van der Waals surface area contributed by atoms with Crippen molar-refractivity contribution >= 4 is 23.4 Å². The Bertz CT molecular complexity index is 589. The number of primary amides is 1. The highest BCUT2D eigenvalue weighted by Gasteiger charge is 2.34. The number of benzene rings is 1. The van der Waals surface area contributed by atoms with Gasteiger partial charge in [0.1, 0.15) is 0 Å². The van der Waals surface area contributed by atoms with Crippen LogP contribution in [0.25, 0.3) is 0 Å². The van der Waals surface area contributed by atoms with Crippen LogP contribution in [0.5, 0.6) is 0 Å². The molecule has 2 rings (SSSR count). The van der Waals surface area contributed by atoms with Gasteiger partial charge in [-0.25, -0.2) is 0 Å². The first-order valence-electron chi connectivity index (χ1n) is 6.15. The molecule has 1 saturated heterocycles. The van der Waals surface area contributed by atoms with E-state index in [9.17, 15) is 22.8 Å². The summed E-state index contributed by atoms with van der Waals surface area (Å²) >= 11 is 5.64. The van der Waals surface area contributed by atoms with E-state index < -0.39 is 29.5 Å². The highest BCUT2D eigenvalue weighted by atomic mass is 35.5. The van der Waals surface area contributed by atoms with E-state index in [-0.39, 0.29) is 23.7 Å². The van der Waals surface area contributed by atoms with Crippen molar-refractivity contribution in [3.8, 4) is 0 Å². The van der Waals surface area contributed by atoms with Crippen LogP contribution in [0, 0.1) is 5.92 Å². The number of rotatable bonds is 2. The fourth-order valence-corrected chi connectivity index (χ4v) is 2.47. The highest BCUT2D eigenvalue weighted by molar-refractivity contribution is 6.31. The Labute approximate surface area is 123 Å². The summed E-state index contributed by atoms with van der Waals surface area (Å²) in [5, 5.41) is -0.168. The molecule has 2 amide bonds. The molecule has 0 spiro atoms. The summed E-state index contributed by atoms with van der Waals surface area (Å²) in [6, 6.07) is 2.69. The summed E-state index contributed by atoms with van der Waals surface area (Å²) in [7, 11) is 0. The fourth-order valence-electron chi connectivity index (χ4n) is 2.24. The lowest BCUT2D eigenvalue weighted by molar-refractivity contribution is -0.137. The molecule has 1 aliphatic rings. The lowest BCUT2D eigenvalue weighted by atomic mass is 10.1. The minimum atomic E-state index is -4.58. The monoisotopic (exact) mass is 320 g/mol. The van der Waals surface area contributed by atoms with Gasteiger partial charge < -0.3 is 10.6 Å². The maximum absolute atomic E-state index is 12.7. The third-order valence-corrected chi connectivity index (χ3v) is 3.57. The molecule has 1 heterocycles. The molecule has 4 nitrogen and oxygen atoms in total. The second-order valence-electron chi connectivity index (χ2n) is 4.87. The molecule has 0 bridgehead atoms. The van der Waals surface area contributed by atoms with Crippen molar-refractivity contribution in [1.29, 1.82) is 0 Å². The Morgan fingerprint density at radius 3 is 2.48 bits per heavy atom. The molecule has 1 atom stereocenters. The minimum Gasteiger partial charge on any atom is -0.369 e. The number of carbonyl (C=O) groups excluding carboxylic acids is 2. The smallest absolute Gasteiger partial charge is 0.369 e. The van der Waals surface area contributed by atoms with Gasteiger partial charge in [0.15, 0.2) is 0 Å². The van der Waals surface area contributed by atoms with Crippen molar-refractivity contribution in [2.75, 3.05) is 13.1 Å². The third-order valence-electron chi connectivity index (χ3n) is 3.35. The first-order valence-corrected chi connectivity index (χ1v) is 6.52. The number of hydrogen-bond acceptors (Lipinski definition) is 2. The van der Waals surface area contributed by atoms with Crippen LogP contribution in [-0.4, -0.2) is 29.8 Å². The van der Waals surface area contributed by atoms with E-state index in [0.717, 1.165) is 12.1 Å². The Hall–Kier alpha value is -1.76. The first kappa shape index (κ1) is 15.6. The number of hydrogen-bond donors (Lipinski definition) is 1. The second kappa shape index (κ2) is 5.55. The van der Waals surface area contributed by atoms with Gasteiger partial charge in [-0.3, -0.25) is 9.59 Å². The minimum absolute atomic E-state index is 0.113. The Morgan fingerprint density at radius 1 is 1.29 bits per heavy atom. The van der Waals surface area contributed by atoms with Crippen LogP contribution < -0.4 is 5.73 Å². The lowest BCUT2D eigenvalue weighted by Gasteiger charge is -2.17. The predicted molar refractivity (Wildman–Crippen MR) is 69.7 cm³/mol. The van der Waals surface area contributed by atoms with Crippen LogP contribution in [0.2, 0.25) is 5.02 Å². The van der Waals surface area contributed by atoms with Crippen molar-refractivity contribution in [2.45, 2.75) is 12.6 Å². The summed E-state index contributed by atoms with van der Waals surface area (Å²) in [6.07, 6.45) is -4.17. The van der Waals surface area contributed by atoms with Crippen molar-refractivity contribution in [3.05, 3.63) is 34.3 Å². The van der Waals surface area contributed by atoms with Gasteiger partial charge in [-0.15, -0.1) is 0 Å². The molecule has 21 heavy (non-hydrogen) atoms. The van der Waals surface area contributed by atoms with E-state index in [1.54, 1.807) is 0 Å². The number of nitrogens with zero attached hydrogens (tertiary/aromatic N) is 1. The average molecular weight is 321 g/mol. The van der Waals surface area contributed by atoms with Crippen LogP contribution in [0.15, 0.2) is 18.2 Å². The summed E-state index contributed by atoms with van der Waals surface area (Å²) in [4.78, 5) is 24.6. The molecule has 1 fully saturated rings. The van der Waals surface area contributed by atoms with Gasteiger partial charge >= 0.3 is 6.18 Å². The van der Waals surface area contributed by atoms with Gasteiger partial charge in [-0.05, 0) is 24.6 Å². The average Bonchev–Trinajstić information content (AvgIpc) is 2.85. The molecule has 2 N–H and O–H groups in total. The molecule has 114 valence electrons. The zero-order chi connectivity index (χ0) is 15.8. The van der Waals surface area contributed by atoms with Crippen LogP contribution in [0.3, 0.4) is 0 Å². The van der Waals surface area contributed by atoms with Crippen LogP contribution in [-0.2, 0) is 11.0 Å². The molecule has 8 heteroatoms. The molecular weight excluding hydrogens is 309 g/mol. The Balaban J connectivity index is 2.24. The molecule has 0 aromatic heterocycles. The van der Waals surface area contributed by atoms with Gasteiger partial charge in [0.05, 0.1) is 11.5 Å². The van der Waals surface area contributed by atoms with Gasteiger partial charge in [0.2, 0.25) is 5.91 Å². The summed E-state index contributed by atoms with van der Waals surface area (Å²) in [6.45, 7) is 0.391. The zero-order valence-corrected chi connectivity index (χ0v) is 11.5. The molecule has 0 aliphatic carbocycles. The van der Waals surface area contributed by atoms with E-state index in [1.807, 2.05) is 0 Å². The molecular formula is C13H12ClF3N2O2. The number of nitrogens with two attached hydrogens (primary N) is 1. The number of carbonyl (C=O) groups is 2. The lowest BCUT2D eigenvalue weighted by Crippen LogP contribution is -2.31. The quantitative estimate of drug-likeness (QED) is 0.909. The molecule has 1 aromatic rings. The van der Waals surface area contributed by atoms with E-state index in [4.69, 9.17) is 17.3 Å². The Morgan fingerprint density at radius 2 is 1.95 bits per heavy atom. The van der Waals surface area contributed by atoms with Gasteiger partial charge in [0, 0.05) is 23.7 Å². The fraction of sp³-hybridized carbons (Fsp3) is 0.385. The van der Waals surface area contributed by atoms with Crippen molar-refractivity contribution in [2.24, 2.45) is 11.7 Å². The molecule has 1 aliphatic heterocycles. The van der Waals surface area contributed by atoms with Crippen LogP contribution >= 0.6 is 11.6 Å². The number of alkyl halides is 3. The SMILES string of the molecule is NC(=O)C1CCN(C(=O)c2cc(Cl)cc(C(F)(F)F)c2)C1. The molecule has 0 radical (unpaired) electrons. The van der Waals surface area contributed by atoms with Crippen LogP contribution in [0.1, 0.15) is 22.3 Å². The maximum Gasteiger partial charge on any atom is 0.416 e. The standard InChI is InChI=1S/C13H12ClF3N2O2/c14-10-4-8(3-9(5-10)13(15,16)17)12(21)19-2-1-7(6-19)11(18)20/h3-5,7H,1-2,6H2,(H2,18,20). The largest absolute Gasteiger partial charge is 0.416 e. The third kappa shape index (κ3) is 3.47. The van der Waals surface area contributed by atoms with Crippen molar-refractivity contribution in [3.63, 3.8) is 0 Å². The topological polar surface area (TPSA) is 63.4 Å². The summed E-state index contributed by atoms with van der Waals surface area (Å²) < 4.78 is 38.1. The van der Waals surface area contributed by atoms with Crippen molar-refractivity contribution in [1.82, 2.24) is 4.90 Å². The van der Waals surface area contributed by atoms with Crippen molar-refractivity contribution < 1.29 is 22.8 Å².